The van der Waals surface area contributed by atoms with Gasteiger partial charge in [-0.1, -0.05) is 22.0 Å². The summed E-state index contributed by atoms with van der Waals surface area (Å²) < 4.78 is 1.07. The summed E-state index contributed by atoms with van der Waals surface area (Å²) in [5.41, 5.74) is 4.63. The molecule has 1 aliphatic rings. The van der Waals surface area contributed by atoms with Crippen LogP contribution in [0.5, 0.6) is 0 Å². The van der Waals surface area contributed by atoms with Gasteiger partial charge in [0.2, 0.25) is 0 Å². The Morgan fingerprint density at radius 3 is 3.00 bits per heavy atom. The molecule has 0 unspecified atom stereocenters. The van der Waals surface area contributed by atoms with Crippen LogP contribution in [0.2, 0.25) is 0 Å². The first-order chi connectivity index (χ1) is 13.7. The highest BCUT2D eigenvalue weighted by Crippen LogP contribution is 2.25. The van der Waals surface area contributed by atoms with E-state index in [0.29, 0.717) is 24.5 Å². The van der Waals surface area contributed by atoms with Gasteiger partial charge in [0.05, 0.1) is 5.69 Å². The zero-order valence-electron chi connectivity index (χ0n) is 15.1. The van der Waals surface area contributed by atoms with Crippen molar-refractivity contribution >= 4 is 26.8 Å². The fraction of sp³-hybridized carbons (Fsp3) is 0.190. The predicted molar refractivity (Wildman–Crippen MR) is 112 cm³/mol. The van der Waals surface area contributed by atoms with Crippen molar-refractivity contribution in [1.29, 1.82) is 0 Å². The van der Waals surface area contributed by atoms with Crippen LogP contribution in [0.3, 0.4) is 0 Å². The van der Waals surface area contributed by atoms with E-state index in [1.54, 1.807) is 6.20 Å². The van der Waals surface area contributed by atoms with Gasteiger partial charge in [-0.05, 0) is 42.3 Å². The summed E-state index contributed by atoms with van der Waals surface area (Å²) in [5, 5.41) is 1.22. The van der Waals surface area contributed by atoms with Gasteiger partial charge in [-0.25, -0.2) is 4.98 Å². The Labute approximate surface area is 169 Å². The largest absolute Gasteiger partial charge is 0.361 e. The molecule has 0 saturated carbocycles. The second kappa shape index (κ2) is 7.00. The number of halogens is 1. The number of hydrogen-bond acceptors (Lipinski definition) is 4. The lowest BCUT2D eigenvalue weighted by atomic mass is 10.1. The lowest BCUT2D eigenvalue weighted by molar-refractivity contribution is 0.241. The molecule has 4 heterocycles. The lowest BCUT2D eigenvalue weighted by Crippen LogP contribution is -2.35. The van der Waals surface area contributed by atoms with Crippen LogP contribution in [0, 0.1) is 0 Å². The van der Waals surface area contributed by atoms with Crippen LogP contribution in [0.4, 0.5) is 0 Å². The number of fused-ring (bicyclic) bond motifs is 2. The first-order valence-corrected chi connectivity index (χ1v) is 9.98. The highest BCUT2D eigenvalue weighted by molar-refractivity contribution is 9.10. The summed E-state index contributed by atoms with van der Waals surface area (Å²) >= 11 is 3.55. The molecule has 1 aliphatic heterocycles. The lowest BCUT2D eigenvalue weighted by Gasteiger charge is -2.27. The minimum atomic E-state index is -0.0543. The number of aromatic amines is 2. The molecule has 1 aromatic carbocycles. The van der Waals surface area contributed by atoms with Crippen LogP contribution >= 0.6 is 15.9 Å². The van der Waals surface area contributed by atoms with Gasteiger partial charge < -0.3 is 9.97 Å². The molecule has 7 heteroatoms. The molecule has 0 radical (unpaired) electrons. The van der Waals surface area contributed by atoms with Crippen molar-refractivity contribution in [3.63, 3.8) is 0 Å². The number of nitrogens with zero attached hydrogens (tertiary/aromatic N) is 3. The molecule has 6 nitrogen and oxygen atoms in total. The molecule has 0 atom stereocenters. The van der Waals surface area contributed by atoms with Crippen molar-refractivity contribution in [2.75, 3.05) is 6.54 Å². The van der Waals surface area contributed by atoms with E-state index in [2.05, 4.69) is 54.1 Å². The van der Waals surface area contributed by atoms with Gasteiger partial charge in [-0.2, -0.15) is 0 Å². The van der Waals surface area contributed by atoms with Crippen LogP contribution in [-0.2, 0) is 19.5 Å². The van der Waals surface area contributed by atoms with Gasteiger partial charge >= 0.3 is 0 Å². The minimum absolute atomic E-state index is 0.0543. The van der Waals surface area contributed by atoms with E-state index in [-0.39, 0.29) is 5.56 Å². The Balaban J connectivity index is 1.45. The fourth-order valence-corrected chi connectivity index (χ4v) is 4.14. The van der Waals surface area contributed by atoms with E-state index in [1.807, 2.05) is 24.3 Å². The van der Waals surface area contributed by atoms with Crippen molar-refractivity contribution in [1.82, 2.24) is 24.8 Å². The summed E-state index contributed by atoms with van der Waals surface area (Å²) in [6.45, 7) is 2.30. The van der Waals surface area contributed by atoms with Gasteiger partial charge in [-0.15, -0.1) is 0 Å². The monoisotopic (exact) mass is 435 g/mol. The average molecular weight is 436 g/mol. The first kappa shape index (κ1) is 17.3. The highest BCUT2D eigenvalue weighted by atomic mass is 79.9. The minimum Gasteiger partial charge on any atom is -0.361 e. The van der Waals surface area contributed by atoms with E-state index in [9.17, 15) is 4.79 Å². The first-order valence-electron chi connectivity index (χ1n) is 9.19. The molecule has 0 aliphatic carbocycles. The van der Waals surface area contributed by atoms with E-state index in [4.69, 9.17) is 4.98 Å². The number of aromatic nitrogens is 4. The Kier molecular flexibility index (Phi) is 4.33. The third-order valence-corrected chi connectivity index (χ3v) is 5.68. The molecule has 0 bridgehead atoms. The summed E-state index contributed by atoms with van der Waals surface area (Å²) in [7, 11) is 0. The normalized spacial score (nSPS) is 14.3. The van der Waals surface area contributed by atoms with E-state index < -0.39 is 0 Å². The van der Waals surface area contributed by atoms with Crippen LogP contribution in [0.25, 0.3) is 22.4 Å². The van der Waals surface area contributed by atoms with Crippen molar-refractivity contribution in [2.24, 2.45) is 0 Å². The van der Waals surface area contributed by atoms with E-state index >= 15 is 0 Å². The van der Waals surface area contributed by atoms with Gasteiger partial charge in [0, 0.05) is 53.0 Å². The Morgan fingerprint density at radius 1 is 1.21 bits per heavy atom. The maximum atomic E-state index is 12.5. The summed E-state index contributed by atoms with van der Waals surface area (Å²) in [5.74, 6) is 0.530. The number of H-pyrrole nitrogens is 2. The van der Waals surface area contributed by atoms with E-state index in [0.717, 1.165) is 34.3 Å². The quantitative estimate of drug-likeness (QED) is 0.514. The molecule has 4 aromatic rings. The fourth-order valence-electron chi connectivity index (χ4n) is 3.78. The maximum Gasteiger partial charge on any atom is 0.254 e. The molecule has 0 fully saturated rings. The molecule has 0 saturated heterocycles. The smallest absolute Gasteiger partial charge is 0.254 e. The van der Waals surface area contributed by atoms with Crippen molar-refractivity contribution in [2.45, 2.75) is 19.5 Å². The zero-order chi connectivity index (χ0) is 19.1. The number of rotatable bonds is 3. The number of pyridine rings is 1. The molecule has 28 heavy (non-hydrogen) atoms. The average Bonchev–Trinajstić information content (AvgIpc) is 3.10. The zero-order valence-corrected chi connectivity index (χ0v) is 16.7. The second-order valence-electron chi connectivity index (χ2n) is 7.02. The third kappa shape index (κ3) is 3.16. The Bertz CT molecular complexity index is 1210. The topological polar surface area (TPSA) is 77.7 Å². The number of nitrogens with one attached hydrogen (secondary N) is 2. The summed E-state index contributed by atoms with van der Waals surface area (Å²) in [6.07, 6.45) is 4.47. The number of hydrogen-bond donors (Lipinski definition) is 2. The molecule has 2 N–H and O–H groups in total. The SMILES string of the molecule is O=c1[nH]c(-c2ccccn2)nc2c1CCN(Cc1c[nH]c3ccc(Br)cc13)C2. The molecular weight excluding hydrogens is 418 g/mol. The van der Waals surface area contributed by atoms with Gasteiger partial charge in [-0.3, -0.25) is 14.7 Å². The van der Waals surface area contributed by atoms with Crippen LogP contribution in [0.15, 0.2) is 58.1 Å². The van der Waals surface area contributed by atoms with Gasteiger partial charge in [0.25, 0.3) is 5.56 Å². The van der Waals surface area contributed by atoms with Gasteiger partial charge in [0.1, 0.15) is 5.69 Å². The van der Waals surface area contributed by atoms with Crippen molar-refractivity contribution in [3.05, 3.63) is 80.4 Å². The molecule has 3 aromatic heterocycles. The molecule has 0 spiro atoms. The second-order valence-corrected chi connectivity index (χ2v) is 7.93. The summed E-state index contributed by atoms with van der Waals surface area (Å²) in [6, 6.07) is 11.9. The van der Waals surface area contributed by atoms with Crippen LogP contribution < -0.4 is 5.56 Å². The number of benzene rings is 1. The van der Waals surface area contributed by atoms with Crippen molar-refractivity contribution < 1.29 is 0 Å². The molecule has 5 rings (SSSR count). The molecule has 140 valence electrons. The Hall–Kier alpha value is -2.77. The molecule has 0 amide bonds. The van der Waals surface area contributed by atoms with Gasteiger partial charge in [0.15, 0.2) is 5.82 Å². The third-order valence-electron chi connectivity index (χ3n) is 5.18. The standard InChI is InChI=1S/C21H18BrN5O/c22-14-4-5-17-16(9-14)13(10-24-17)11-27-8-6-15-19(12-27)25-20(26-21(15)28)18-3-1-2-7-23-18/h1-5,7,9-10,24H,6,8,11-12H2,(H,25,26,28). The van der Waals surface area contributed by atoms with Crippen LogP contribution in [0.1, 0.15) is 16.8 Å². The summed E-state index contributed by atoms with van der Waals surface area (Å²) in [4.78, 5) is 30.1. The highest BCUT2D eigenvalue weighted by Gasteiger charge is 2.22. The van der Waals surface area contributed by atoms with E-state index in [1.165, 1.54) is 10.9 Å². The van der Waals surface area contributed by atoms with Crippen LogP contribution in [-0.4, -0.2) is 31.4 Å². The molecular formula is C21H18BrN5O. The van der Waals surface area contributed by atoms with Crippen molar-refractivity contribution in [3.8, 4) is 11.5 Å². The Morgan fingerprint density at radius 2 is 2.14 bits per heavy atom. The maximum absolute atomic E-state index is 12.5. The predicted octanol–water partition coefficient (Wildman–Crippen LogP) is 3.63.